The van der Waals surface area contributed by atoms with Crippen LogP contribution in [0.3, 0.4) is 0 Å². The molecule has 0 aliphatic rings. The zero-order valence-electron chi connectivity index (χ0n) is 15.3. The maximum atomic E-state index is 10.7. The molecular weight excluding hydrogens is 342 g/mol. The van der Waals surface area contributed by atoms with Crippen molar-refractivity contribution in [3.63, 3.8) is 0 Å². The van der Waals surface area contributed by atoms with Crippen LogP contribution in [0.2, 0.25) is 0 Å². The highest BCUT2D eigenvalue weighted by atomic mass is 16.6. The minimum atomic E-state index is -0.422. The van der Waals surface area contributed by atoms with E-state index in [4.69, 9.17) is 4.42 Å². The Morgan fingerprint density at radius 3 is 2.30 bits per heavy atom. The quantitative estimate of drug-likeness (QED) is 0.345. The summed E-state index contributed by atoms with van der Waals surface area (Å²) in [6.07, 6.45) is 3.48. The van der Waals surface area contributed by atoms with E-state index in [0.29, 0.717) is 11.5 Å². The van der Waals surface area contributed by atoms with E-state index in [1.807, 2.05) is 12.1 Å². The standard InChI is InChI=1S/C21H21N3O3/c1-3-15-6-5-7-16(4-2)21(15)23-22-14-19-12-13-20(27-19)17-8-10-18(11-9-17)24(25)26/h5-14,23H,3-4H2,1-2H3/b22-14+. The minimum absolute atomic E-state index is 0.0533. The molecule has 3 aromatic rings. The molecule has 1 heterocycles. The molecule has 2 aromatic carbocycles. The van der Waals surface area contributed by atoms with Gasteiger partial charge in [0, 0.05) is 17.7 Å². The monoisotopic (exact) mass is 363 g/mol. The SMILES string of the molecule is CCc1cccc(CC)c1N/N=C/c1ccc(-c2ccc([N+](=O)[O-])cc2)o1. The molecule has 0 fully saturated rings. The molecular formula is C21H21N3O3. The van der Waals surface area contributed by atoms with Gasteiger partial charge in [-0.1, -0.05) is 32.0 Å². The molecule has 0 saturated carbocycles. The van der Waals surface area contributed by atoms with E-state index < -0.39 is 4.92 Å². The number of anilines is 1. The Morgan fingerprint density at radius 2 is 1.70 bits per heavy atom. The molecule has 0 radical (unpaired) electrons. The van der Waals surface area contributed by atoms with Crippen LogP contribution < -0.4 is 5.43 Å². The molecule has 0 bridgehead atoms. The molecule has 0 aliphatic heterocycles. The van der Waals surface area contributed by atoms with Crippen molar-refractivity contribution in [1.82, 2.24) is 0 Å². The van der Waals surface area contributed by atoms with E-state index in [9.17, 15) is 10.1 Å². The molecule has 27 heavy (non-hydrogen) atoms. The number of aryl methyl sites for hydroxylation is 2. The van der Waals surface area contributed by atoms with Crippen LogP contribution in [0.1, 0.15) is 30.7 Å². The average Bonchev–Trinajstić information content (AvgIpc) is 3.17. The summed E-state index contributed by atoms with van der Waals surface area (Å²) in [5, 5.41) is 15.1. The topological polar surface area (TPSA) is 80.7 Å². The number of hydrogen-bond donors (Lipinski definition) is 1. The highest BCUT2D eigenvalue weighted by Crippen LogP contribution is 2.25. The first-order valence-corrected chi connectivity index (χ1v) is 8.86. The number of nitro benzene ring substituents is 1. The largest absolute Gasteiger partial charge is 0.455 e. The number of para-hydroxylation sites is 1. The number of furan rings is 1. The summed E-state index contributed by atoms with van der Waals surface area (Å²) < 4.78 is 5.76. The lowest BCUT2D eigenvalue weighted by atomic mass is 10.0. The number of nitrogens with zero attached hydrogens (tertiary/aromatic N) is 2. The zero-order chi connectivity index (χ0) is 19.2. The van der Waals surface area contributed by atoms with Crippen LogP contribution in [0.5, 0.6) is 0 Å². The third kappa shape index (κ3) is 4.23. The smallest absolute Gasteiger partial charge is 0.269 e. The Balaban J connectivity index is 1.74. The van der Waals surface area contributed by atoms with Gasteiger partial charge in [0.2, 0.25) is 0 Å². The lowest BCUT2D eigenvalue weighted by Crippen LogP contribution is -1.99. The molecule has 0 aliphatic carbocycles. The molecule has 0 amide bonds. The number of hydrogen-bond acceptors (Lipinski definition) is 5. The Bertz CT molecular complexity index is 937. The summed E-state index contributed by atoms with van der Waals surface area (Å²) in [7, 11) is 0. The van der Waals surface area contributed by atoms with Crippen molar-refractivity contribution < 1.29 is 9.34 Å². The molecule has 0 unspecified atom stereocenters. The lowest BCUT2D eigenvalue weighted by molar-refractivity contribution is -0.384. The fourth-order valence-electron chi connectivity index (χ4n) is 2.87. The Labute approximate surface area is 157 Å². The highest BCUT2D eigenvalue weighted by Gasteiger charge is 2.08. The van der Waals surface area contributed by atoms with Gasteiger partial charge in [-0.25, -0.2) is 0 Å². The molecule has 0 spiro atoms. The van der Waals surface area contributed by atoms with Gasteiger partial charge in [-0.05, 0) is 48.2 Å². The second kappa shape index (κ2) is 8.31. The van der Waals surface area contributed by atoms with Crippen LogP contribution in [0.25, 0.3) is 11.3 Å². The van der Waals surface area contributed by atoms with Crippen molar-refractivity contribution in [3.8, 4) is 11.3 Å². The van der Waals surface area contributed by atoms with Crippen molar-refractivity contribution in [2.45, 2.75) is 26.7 Å². The van der Waals surface area contributed by atoms with Gasteiger partial charge >= 0.3 is 0 Å². The summed E-state index contributed by atoms with van der Waals surface area (Å²) in [6, 6.07) is 16.1. The number of hydrazone groups is 1. The van der Waals surface area contributed by atoms with Crippen LogP contribution >= 0.6 is 0 Å². The predicted octanol–water partition coefficient (Wildman–Crippen LogP) is 5.43. The summed E-state index contributed by atoms with van der Waals surface area (Å²) in [5.41, 5.74) is 7.45. The van der Waals surface area contributed by atoms with Crippen molar-refractivity contribution in [1.29, 1.82) is 0 Å². The first kappa shape index (κ1) is 18.4. The van der Waals surface area contributed by atoms with Gasteiger partial charge in [-0.2, -0.15) is 5.10 Å². The van der Waals surface area contributed by atoms with E-state index in [1.54, 1.807) is 18.3 Å². The lowest BCUT2D eigenvalue weighted by Gasteiger charge is -2.11. The fraction of sp³-hybridized carbons (Fsp3) is 0.190. The summed E-state index contributed by atoms with van der Waals surface area (Å²) in [5.74, 6) is 1.23. The Kier molecular flexibility index (Phi) is 5.66. The van der Waals surface area contributed by atoms with Gasteiger partial charge in [0.05, 0.1) is 16.8 Å². The van der Waals surface area contributed by atoms with Gasteiger partial charge < -0.3 is 4.42 Å². The van der Waals surface area contributed by atoms with Gasteiger partial charge in [0.15, 0.2) is 0 Å². The maximum absolute atomic E-state index is 10.7. The van der Waals surface area contributed by atoms with Gasteiger partial charge in [-0.15, -0.1) is 0 Å². The van der Waals surface area contributed by atoms with Crippen molar-refractivity contribution in [2.75, 3.05) is 5.43 Å². The predicted molar refractivity (Wildman–Crippen MR) is 107 cm³/mol. The molecule has 138 valence electrons. The van der Waals surface area contributed by atoms with Gasteiger partial charge in [0.1, 0.15) is 11.5 Å². The number of non-ortho nitro benzene ring substituents is 1. The number of nitrogens with one attached hydrogen (secondary N) is 1. The van der Waals surface area contributed by atoms with Crippen molar-refractivity contribution in [3.05, 3.63) is 81.6 Å². The summed E-state index contributed by atoms with van der Waals surface area (Å²) in [4.78, 5) is 10.3. The highest BCUT2D eigenvalue weighted by molar-refractivity contribution is 5.78. The van der Waals surface area contributed by atoms with E-state index in [2.05, 4.69) is 42.6 Å². The molecule has 3 rings (SSSR count). The second-order valence-electron chi connectivity index (χ2n) is 6.03. The van der Waals surface area contributed by atoms with E-state index in [1.165, 1.54) is 23.3 Å². The Morgan fingerprint density at radius 1 is 1.04 bits per heavy atom. The molecule has 6 nitrogen and oxygen atoms in total. The second-order valence-corrected chi connectivity index (χ2v) is 6.03. The molecule has 0 atom stereocenters. The molecule has 6 heteroatoms. The fourth-order valence-corrected chi connectivity index (χ4v) is 2.87. The summed E-state index contributed by atoms with van der Waals surface area (Å²) in [6.45, 7) is 4.24. The van der Waals surface area contributed by atoms with Crippen molar-refractivity contribution >= 4 is 17.6 Å². The number of rotatable bonds is 7. The first-order valence-electron chi connectivity index (χ1n) is 8.86. The van der Waals surface area contributed by atoms with Crippen LogP contribution in [0.15, 0.2) is 64.1 Å². The van der Waals surface area contributed by atoms with Crippen LogP contribution in [-0.4, -0.2) is 11.1 Å². The molecule has 0 saturated heterocycles. The van der Waals surface area contributed by atoms with E-state index >= 15 is 0 Å². The van der Waals surface area contributed by atoms with Gasteiger partial charge in [-0.3, -0.25) is 15.5 Å². The molecule has 1 aromatic heterocycles. The summed E-state index contributed by atoms with van der Waals surface area (Å²) >= 11 is 0. The normalized spacial score (nSPS) is 11.0. The molecule has 1 N–H and O–H groups in total. The van der Waals surface area contributed by atoms with Gasteiger partial charge in [0.25, 0.3) is 5.69 Å². The van der Waals surface area contributed by atoms with Crippen LogP contribution in [0, 0.1) is 10.1 Å². The Hall–Kier alpha value is -3.41. The number of benzene rings is 2. The maximum Gasteiger partial charge on any atom is 0.269 e. The third-order valence-corrected chi connectivity index (χ3v) is 4.36. The van der Waals surface area contributed by atoms with Crippen molar-refractivity contribution in [2.24, 2.45) is 5.10 Å². The number of nitro groups is 1. The van der Waals surface area contributed by atoms with Crippen LogP contribution in [-0.2, 0) is 12.8 Å². The van der Waals surface area contributed by atoms with Crippen LogP contribution in [0.4, 0.5) is 11.4 Å². The average molecular weight is 363 g/mol. The first-order chi connectivity index (χ1) is 13.1. The van der Waals surface area contributed by atoms with E-state index in [0.717, 1.165) is 24.1 Å². The zero-order valence-corrected chi connectivity index (χ0v) is 15.3. The van der Waals surface area contributed by atoms with E-state index in [-0.39, 0.29) is 5.69 Å². The minimum Gasteiger partial charge on any atom is -0.455 e. The third-order valence-electron chi connectivity index (χ3n) is 4.36.